The number of hydrogen-bond acceptors (Lipinski definition) is 5. The maximum Gasteiger partial charge on any atom is 0.218 e. The van der Waals surface area contributed by atoms with Crippen molar-refractivity contribution >= 4 is 17.2 Å². The molecule has 4 nitrogen and oxygen atoms in total. The van der Waals surface area contributed by atoms with Crippen molar-refractivity contribution < 1.29 is 4.74 Å². The standard InChI is InChI=1S/C15H19N3OS/c1-10(2)19-15-7-14(17-9-18-15)16-8-12-6-11-4-3-5-13(11)20-12/h6-7,9-10H,3-5,8H2,1-2H3,(H,16,17,18). The van der Waals surface area contributed by atoms with Crippen molar-refractivity contribution in [1.82, 2.24) is 9.97 Å². The number of hydrogen-bond donors (Lipinski definition) is 1. The van der Waals surface area contributed by atoms with Gasteiger partial charge in [0.2, 0.25) is 5.88 Å². The van der Waals surface area contributed by atoms with Crippen LogP contribution in [0.1, 0.15) is 35.6 Å². The van der Waals surface area contributed by atoms with Gasteiger partial charge in [0.1, 0.15) is 12.1 Å². The molecule has 0 spiro atoms. The molecule has 1 aliphatic carbocycles. The summed E-state index contributed by atoms with van der Waals surface area (Å²) in [6.07, 6.45) is 5.47. The van der Waals surface area contributed by atoms with Crippen molar-refractivity contribution in [2.75, 3.05) is 5.32 Å². The summed E-state index contributed by atoms with van der Waals surface area (Å²) in [5.41, 5.74) is 1.54. The van der Waals surface area contributed by atoms with E-state index in [-0.39, 0.29) is 6.10 Å². The van der Waals surface area contributed by atoms with Crippen molar-refractivity contribution in [3.63, 3.8) is 0 Å². The number of rotatable bonds is 5. The van der Waals surface area contributed by atoms with Gasteiger partial charge in [-0.05, 0) is 44.7 Å². The number of fused-ring (bicyclic) bond motifs is 1. The SMILES string of the molecule is CC(C)Oc1cc(NCc2cc3c(s2)CCC3)ncn1. The Morgan fingerprint density at radius 2 is 2.20 bits per heavy atom. The van der Waals surface area contributed by atoms with Crippen LogP contribution >= 0.6 is 11.3 Å². The molecule has 5 heteroatoms. The molecule has 0 aromatic carbocycles. The van der Waals surface area contributed by atoms with E-state index in [4.69, 9.17) is 4.74 Å². The van der Waals surface area contributed by atoms with Gasteiger partial charge in [-0.3, -0.25) is 0 Å². The van der Waals surface area contributed by atoms with Gasteiger partial charge in [0.25, 0.3) is 0 Å². The first-order valence-electron chi connectivity index (χ1n) is 7.04. The van der Waals surface area contributed by atoms with Crippen molar-refractivity contribution in [2.45, 2.75) is 45.8 Å². The Kier molecular flexibility index (Phi) is 3.87. The zero-order chi connectivity index (χ0) is 13.9. The molecule has 2 aromatic heterocycles. The Morgan fingerprint density at radius 3 is 3.00 bits per heavy atom. The fourth-order valence-corrected chi connectivity index (χ4v) is 3.60. The number of aromatic nitrogens is 2. The Hall–Kier alpha value is -1.62. The maximum atomic E-state index is 5.57. The molecular weight excluding hydrogens is 270 g/mol. The monoisotopic (exact) mass is 289 g/mol. The lowest BCUT2D eigenvalue weighted by molar-refractivity contribution is 0.232. The molecule has 3 rings (SSSR count). The van der Waals surface area contributed by atoms with Crippen LogP contribution < -0.4 is 10.1 Å². The first-order chi connectivity index (χ1) is 9.70. The van der Waals surface area contributed by atoms with Crippen LogP contribution in [0, 0.1) is 0 Å². The fraction of sp³-hybridized carbons (Fsp3) is 0.467. The number of nitrogens with zero attached hydrogens (tertiary/aromatic N) is 2. The van der Waals surface area contributed by atoms with Gasteiger partial charge >= 0.3 is 0 Å². The number of nitrogens with one attached hydrogen (secondary N) is 1. The highest BCUT2D eigenvalue weighted by molar-refractivity contribution is 7.12. The first-order valence-corrected chi connectivity index (χ1v) is 7.85. The van der Waals surface area contributed by atoms with E-state index < -0.39 is 0 Å². The van der Waals surface area contributed by atoms with Crippen molar-refractivity contribution in [1.29, 1.82) is 0 Å². The number of aryl methyl sites for hydroxylation is 2. The van der Waals surface area contributed by atoms with Crippen LogP contribution in [-0.2, 0) is 19.4 Å². The van der Waals surface area contributed by atoms with E-state index in [0.717, 1.165) is 12.4 Å². The van der Waals surface area contributed by atoms with Crippen LogP contribution in [0.5, 0.6) is 5.88 Å². The molecule has 106 valence electrons. The molecule has 1 aliphatic rings. The summed E-state index contributed by atoms with van der Waals surface area (Å²) < 4.78 is 5.57. The third-order valence-electron chi connectivity index (χ3n) is 3.24. The lowest BCUT2D eigenvalue weighted by Gasteiger charge is -2.09. The molecule has 1 N–H and O–H groups in total. The average molecular weight is 289 g/mol. The number of anilines is 1. The van der Waals surface area contributed by atoms with E-state index in [1.54, 1.807) is 10.4 Å². The van der Waals surface area contributed by atoms with Crippen molar-refractivity contribution in [2.24, 2.45) is 0 Å². The normalized spacial score (nSPS) is 13.6. The van der Waals surface area contributed by atoms with Crippen LogP contribution in [0.4, 0.5) is 5.82 Å². The van der Waals surface area contributed by atoms with Gasteiger partial charge in [-0.2, -0.15) is 0 Å². The quantitative estimate of drug-likeness (QED) is 0.916. The molecule has 20 heavy (non-hydrogen) atoms. The lowest BCUT2D eigenvalue weighted by Crippen LogP contribution is -2.08. The molecule has 0 radical (unpaired) electrons. The summed E-state index contributed by atoms with van der Waals surface area (Å²) in [4.78, 5) is 11.3. The molecule has 0 bridgehead atoms. The Bertz CT molecular complexity index is 573. The van der Waals surface area contributed by atoms with Gasteiger partial charge in [0, 0.05) is 15.8 Å². The van der Waals surface area contributed by atoms with Crippen LogP contribution in [0.15, 0.2) is 18.5 Å². The highest BCUT2D eigenvalue weighted by Gasteiger charge is 2.14. The molecule has 0 saturated carbocycles. The first kappa shape index (κ1) is 13.4. The van der Waals surface area contributed by atoms with E-state index in [2.05, 4.69) is 21.4 Å². The van der Waals surface area contributed by atoms with Gasteiger partial charge in [-0.1, -0.05) is 0 Å². The highest BCUT2D eigenvalue weighted by Crippen LogP contribution is 2.30. The number of thiophene rings is 1. The van der Waals surface area contributed by atoms with Crippen LogP contribution in [0.25, 0.3) is 0 Å². The van der Waals surface area contributed by atoms with Crippen molar-refractivity contribution in [3.8, 4) is 5.88 Å². The second-order valence-corrected chi connectivity index (χ2v) is 6.50. The van der Waals surface area contributed by atoms with E-state index in [0.29, 0.717) is 5.88 Å². The van der Waals surface area contributed by atoms with Crippen LogP contribution in [-0.4, -0.2) is 16.1 Å². The smallest absolute Gasteiger partial charge is 0.218 e. The minimum atomic E-state index is 0.123. The maximum absolute atomic E-state index is 5.57. The predicted molar refractivity (Wildman–Crippen MR) is 81.5 cm³/mol. The van der Waals surface area contributed by atoms with Crippen LogP contribution in [0.3, 0.4) is 0 Å². The Labute approximate surface area is 123 Å². The van der Waals surface area contributed by atoms with Crippen molar-refractivity contribution in [3.05, 3.63) is 33.8 Å². The average Bonchev–Trinajstić information content (AvgIpc) is 2.96. The van der Waals surface area contributed by atoms with E-state index in [9.17, 15) is 0 Å². The number of ether oxygens (including phenoxy) is 1. The fourth-order valence-electron chi connectivity index (χ4n) is 2.40. The molecule has 0 unspecified atom stereocenters. The molecule has 2 aromatic rings. The summed E-state index contributed by atoms with van der Waals surface area (Å²) in [5.74, 6) is 1.43. The van der Waals surface area contributed by atoms with Gasteiger partial charge in [-0.15, -0.1) is 11.3 Å². The van der Waals surface area contributed by atoms with E-state index in [1.807, 2.05) is 31.3 Å². The summed E-state index contributed by atoms with van der Waals surface area (Å²) in [6.45, 7) is 4.79. The zero-order valence-corrected chi connectivity index (χ0v) is 12.7. The third kappa shape index (κ3) is 3.10. The van der Waals surface area contributed by atoms with Gasteiger partial charge in [0.05, 0.1) is 12.6 Å². The molecule has 2 heterocycles. The Morgan fingerprint density at radius 1 is 1.30 bits per heavy atom. The second kappa shape index (κ2) is 5.79. The minimum absolute atomic E-state index is 0.123. The van der Waals surface area contributed by atoms with Gasteiger partial charge < -0.3 is 10.1 Å². The van der Waals surface area contributed by atoms with E-state index >= 15 is 0 Å². The molecular formula is C15H19N3OS. The molecule has 0 atom stereocenters. The molecule has 0 saturated heterocycles. The third-order valence-corrected chi connectivity index (χ3v) is 4.48. The lowest BCUT2D eigenvalue weighted by atomic mass is 10.2. The van der Waals surface area contributed by atoms with Crippen LogP contribution in [0.2, 0.25) is 0 Å². The van der Waals surface area contributed by atoms with Gasteiger partial charge in [0.15, 0.2) is 0 Å². The highest BCUT2D eigenvalue weighted by atomic mass is 32.1. The zero-order valence-electron chi connectivity index (χ0n) is 11.8. The Balaban J connectivity index is 1.62. The summed E-state index contributed by atoms with van der Waals surface area (Å²) in [7, 11) is 0. The molecule has 0 fully saturated rings. The predicted octanol–water partition coefficient (Wildman–Crippen LogP) is 3.43. The summed E-state index contributed by atoms with van der Waals surface area (Å²) >= 11 is 1.92. The molecule has 0 aliphatic heterocycles. The van der Waals surface area contributed by atoms with Gasteiger partial charge in [-0.25, -0.2) is 9.97 Å². The van der Waals surface area contributed by atoms with E-state index in [1.165, 1.54) is 30.5 Å². The minimum Gasteiger partial charge on any atom is -0.475 e. The second-order valence-electron chi connectivity index (χ2n) is 5.28. The molecule has 0 amide bonds. The largest absolute Gasteiger partial charge is 0.475 e. The summed E-state index contributed by atoms with van der Waals surface area (Å²) in [6, 6.07) is 4.17. The topological polar surface area (TPSA) is 47.0 Å². The summed E-state index contributed by atoms with van der Waals surface area (Å²) in [5, 5.41) is 3.34.